The number of rotatable bonds is 6. The number of carbonyl (C=O) groups is 2. The average molecular weight is 460 g/mol. The fourth-order valence-electron chi connectivity index (χ4n) is 3.50. The Morgan fingerprint density at radius 1 is 1.03 bits per heavy atom. The van der Waals surface area contributed by atoms with Crippen molar-refractivity contribution < 1.29 is 23.8 Å². The van der Waals surface area contributed by atoms with Gasteiger partial charge in [0, 0.05) is 23.5 Å². The molecule has 0 saturated carbocycles. The van der Waals surface area contributed by atoms with Gasteiger partial charge in [-0.25, -0.2) is 4.79 Å². The number of nitrogens with zero attached hydrogens (tertiary/aromatic N) is 1. The van der Waals surface area contributed by atoms with Gasteiger partial charge in [-0.3, -0.25) is 4.79 Å². The number of benzene rings is 2. The largest absolute Gasteiger partial charge is 0.454 e. The Balaban J connectivity index is 1.47. The monoisotopic (exact) mass is 459 g/mol. The highest BCUT2D eigenvalue weighted by Gasteiger charge is 2.20. The maximum atomic E-state index is 12.7. The third kappa shape index (κ3) is 4.27. The first kappa shape index (κ1) is 21.3. The number of carbonyl (C=O) groups excluding carboxylic acids is 2. The van der Waals surface area contributed by atoms with Gasteiger partial charge in [-0.15, -0.1) is 0 Å². The van der Waals surface area contributed by atoms with Gasteiger partial charge in [0.15, 0.2) is 18.1 Å². The molecule has 160 valence electrons. The lowest BCUT2D eigenvalue weighted by molar-refractivity contribution is 0.0474. The highest BCUT2D eigenvalue weighted by molar-refractivity contribution is 6.43. The van der Waals surface area contributed by atoms with Crippen molar-refractivity contribution >= 4 is 35.0 Å². The van der Waals surface area contributed by atoms with Crippen LogP contribution in [0.2, 0.25) is 10.0 Å². The summed E-state index contributed by atoms with van der Waals surface area (Å²) in [7, 11) is 0. The number of ether oxygens (including phenoxy) is 3. The summed E-state index contributed by atoms with van der Waals surface area (Å²) in [6.45, 7) is 4.19. The van der Waals surface area contributed by atoms with Crippen LogP contribution < -0.4 is 9.47 Å². The van der Waals surface area contributed by atoms with Gasteiger partial charge in [-0.2, -0.15) is 0 Å². The molecule has 4 rings (SSSR count). The maximum absolute atomic E-state index is 12.7. The molecule has 0 aliphatic carbocycles. The minimum Gasteiger partial charge on any atom is -0.454 e. The number of aryl methyl sites for hydroxylation is 1. The zero-order chi connectivity index (χ0) is 22.1. The average Bonchev–Trinajstić information content (AvgIpc) is 3.33. The van der Waals surface area contributed by atoms with Crippen molar-refractivity contribution in [3.05, 3.63) is 80.6 Å². The lowest BCUT2D eigenvalue weighted by Gasteiger charge is -2.11. The van der Waals surface area contributed by atoms with Crippen molar-refractivity contribution in [2.75, 3.05) is 13.4 Å². The van der Waals surface area contributed by atoms with Crippen LogP contribution in [0.25, 0.3) is 0 Å². The van der Waals surface area contributed by atoms with Crippen molar-refractivity contribution in [1.82, 2.24) is 4.57 Å². The van der Waals surface area contributed by atoms with Gasteiger partial charge in [0.05, 0.1) is 15.6 Å². The van der Waals surface area contributed by atoms with Crippen LogP contribution in [0.4, 0.5) is 0 Å². The first-order valence-corrected chi connectivity index (χ1v) is 10.3. The number of fused-ring (bicyclic) bond motifs is 1. The summed E-state index contributed by atoms with van der Waals surface area (Å²) in [6, 6.07) is 12.2. The molecular formula is C23H19Cl2NO5. The van der Waals surface area contributed by atoms with Gasteiger partial charge in [-0.1, -0.05) is 35.3 Å². The van der Waals surface area contributed by atoms with Crippen molar-refractivity contribution in [2.45, 2.75) is 20.4 Å². The van der Waals surface area contributed by atoms with E-state index in [2.05, 4.69) is 0 Å². The van der Waals surface area contributed by atoms with Crippen LogP contribution in [0.15, 0.2) is 42.5 Å². The summed E-state index contributed by atoms with van der Waals surface area (Å²) in [4.78, 5) is 25.0. The van der Waals surface area contributed by atoms with E-state index >= 15 is 0 Å². The normalized spacial score (nSPS) is 12.1. The highest BCUT2D eigenvalue weighted by atomic mass is 35.5. The predicted molar refractivity (Wildman–Crippen MR) is 117 cm³/mol. The van der Waals surface area contributed by atoms with Crippen molar-refractivity contribution in [1.29, 1.82) is 0 Å². The van der Waals surface area contributed by atoms with Crippen molar-refractivity contribution in [2.24, 2.45) is 0 Å². The summed E-state index contributed by atoms with van der Waals surface area (Å²) < 4.78 is 18.0. The summed E-state index contributed by atoms with van der Waals surface area (Å²) in [5.41, 5.74) is 3.35. The van der Waals surface area contributed by atoms with E-state index in [-0.39, 0.29) is 28.2 Å². The molecular weight excluding hydrogens is 441 g/mol. The van der Waals surface area contributed by atoms with E-state index in [1.807, 2.05) is 36.6 Å². The number of Topliss-reactive ketones (excluding diaryl/α,β-unsaturated/α-hetero) is 1. The molecule has 6 nitrogen and oxygen atoms in total. The smallest absolute Gasteiger partial charge is 0.340 e. The summed E-state index contributed by atoms with van der Waals surface area (Å²) in [6.07, 6.45) is 0. The third-order valence-electron chi connectivity index (χ3n) is 5.16. The second-order valence-electron chi connectivity index (χ2n) is 7.16. The van der Waals surface area contributed by atoms with E-state index in [0.717, 1.165) is 22.7 Å². The molecule has 0 radical (unpaired) electrons. The van der Waals surface area contributed by atoms with E-state index in [0.29, 0.717) is 17.9 Å². The van der Waals surface area contributed by atoms with Gasteiger partial charge >= 0.3 is 5.97 Å². The third-order valence-corrected chi connectivity index (χ3v) is 5.98. The standard InChI is InChI=1S/C23H19Cl2NO5/c1-13-8-17(19(27)11-29-23(28)16-4-3-5-18(24)22(16)25)14(2)26(13)10-15-6-7-20-21(9-15)31-12-30-20/h3-9H,10-12H2,1-2H3. The lowest BCUT2D eigenvalue weighted by Crippen LogP contribution is -2.15. The van der Waals surface area contributed by atoms with Crippen LogP contribution in [0.1, 0.15) is 37.7 Å². The first-order valence-electron chi connectivity index (χ1n) is 9.54. The Morgan fingerprint density at radius 3 is 2.61 bits per heavy atom. The SMILES string of the molecule is Cc1cc(C(=O)COC(=O)c2cccc(Cl)c2Cl)c(C)n1Cc1ccc2c(c1)OCO2. The molecule has 31 heavy (non-hydrogen) atoms. The number of ketones is 1. The van der Waals surface area contributed by atoms with Crippen LogP contribution in [-0.2, 0) is 11.3 Å². The lowest BCUT2D eigenvalue weighted by atomic mass is 10.1. The molecule has 0 saturated heterocycles. The zero-order valence-electron chi connectivity index (χ0n) is 16.9. The van der Waals surface area contributed by atoms with Gasteiger partial charge in [0.1, 0.15) is 0 Å². The number of halogens is 2. The number of hydrogen-bond acceptors (Lipinski definition) is 5. The predicted octanol–water partition coefficient (Wildman–Crippen LogP) is 5.23. The van der Waals surface area contributed by atoms with E-state index < -0.39 is 12.6 Å². The Labute approximate surface area is 189 Å². The molecule has 1 aliphatic rings. The quantitative estimate of drug-likeness (QED) is 0.373. The number of aromatic nitrogens is 1. The molecule has 2 heterocycles. The molecule has 0 N–H and O–H groups in total. The van der Waals surface area contributed by atoms with E-state index in [1.54, 1.807) is 18.2 Å². The topological polar surface area (TPSA) is 66.8 Å². The van der Waals surface area contributed by atoms with Gasteiger partial charge < -0.3 is 18.8 Å². The number of hydrogen-bond donors (Lipinski definition) is 0. The first-order chi connectivity index (χ1) is 14.8. The van der Waals surface area contributed by atoms with Crippen LogP contribution in [0.5, 0.6) is 11.5 Å². The molecule has 0 fully saturated rings. The summed E-state index contributed by atoms with van der Waals surface area (Å²) in [5, 5.41) is 0.345. The van der Waals surface area contributed by atoms with Gasteiger partial charge in [-0.05, 0) is 49.7 Å². The molecule has 2 aromatic carbocycles. The fourth-order valence-corrected chi connectivity index (χ4v) is 3.87. The minimum absolute atomic E-state index is 0.100. The Morgan fingerprint density at radius 2 is 1.81 bits per heavy atom. The molecule has 1 aromatic heterocycles. The van der Waals surface area contributed by atoms with Gasteiger partial charge in [0.2, 0.25) is 12.6 Å². The molecule has 1 aliphatic heterocycles. The Hall–Kier alpha value is -2.96. The molecule has 0 atom stereocenters. The van der Waals surface area contributed by atoms with Crippen LogP contribution >= 0.6 is 23.2 Å². The molecule has 8 heteroatoms. The molecule has 3 aromatic rings. The number of esters is 1. The molecule has 0 spiro atoms. The van der Waals surface area contributed by atoms with Crippen LogP contribution in [0, 0.1) is 13.8 Å². The van der Waals surface area contributed by atoms with Gasteiger partial charge in [0.25, 0.3) is 0 Å². The second kappa shape index (κ2) is 8.65. The molecule has 0 bridgehead atoms. The Kier molecular flexibility index (Phi) is 5.94. The van der Waals surface area contributed by atoms with Crippen LogP contribution in [0.3, 0.4) is 0 Å². The van der Waals surface area contributed by atoms with E-state index in [1.165, 1.54) is 6.07 Å². The second-order valence-corrected chi connectivity index (χ2v) is 7.94. The maximum Gasteiger partial charge on any atom is 0.340 e. The van der Waals surface area contributed by atoms with Crippen molar-refractivity contribution in [3.8, 4) is 11.5 Å². The van der Waals surface area contributed by atoms with E-state index in [9.17, 15) is 9.59 Å². The van der Waals surface area contributed by atoms with Crippen molar-refractivity contribution in [3.63, 3.8) is 0 Å². The Bertz CT molecular complexity index is 1180. The fraction of sp³-hybridized carbons (Fsp3) is 0.217. The minimum atomic E-state index is -0.699. The van der Waals surface area contributed by atoms with Crippen LogP contribution in [-0.4, -0.2) is 29.7 Å². The zero-order valence-corrected chi connectivity index (χ0v) is 18.4. The highest BCUT2D eigenvalue weighted by Crippen LogP contribution is 2.33. The molecule has 0 unspecified atom stereocenters. The summed E-state index contributed by atoms with van der Waals surface area (Å²) >= 11 is 12.0. The van der Waals surface area contributed by atoms with E-state index in [4.69, 9.17) is 37.4 Å². The summed E-state index contributed by atoms with van der Waals surface area (Å²) in [5.74, 6) is 0.441. The molecule has 0 amide bonds.